The molecule has 0 saturated heterocycles. The molecule has 0 aliphatic rings. The van der Waals surface area contributed by atoms with Gasteiger partial charge in [0, 0.05) is 17.8 Å². The Kier molecular flexibility index (Phi) is 5.25. The molecule has 0 saturated carbocycles. The second kappa shape index (κ2) is 7.77. The van der Waals surface area contributed by atoms with Crippen molar-refractivity contribution >= 4 is 11.4 Å². The normalized spacial score (nSPS) is 12.0. The largest absolute Gasteiger partial charge is 0.427 e. The third-order valence-electron chi connectivity index (χ3n) is 3.73. The number of ether oxygens (including phenoxy) is 1. The number of para-hydroxylation sites is 1. The van der Waals surface area contributed by atoms with Crippen LogP contribution in [0.25, 0.3) is 5.69 Å². The van der Waals surface area contributed by atoms with Gasteiger partial charge in [0.05, 0.1) is 22.8 Å². The molecule has 0 aliphatic carbocycles. The minimum Gasteiger partial charge on any atom is -0.427 e. The Balaban J connectivity index is 1.79. The number of alkyl halides is 2. The maximum absolute atomic E-state index is 12.5. The van der Waals surface area contributed by atoms with Crippen LogP contribution in [-0.2, 0) is 0 Å². The highest BCUT2D eigenvalue weighted by Crippen LogP contribution is 2.32. The van der Waals surface area contributed by atoms with Crippen molar-refractivity contribution < 1.29 is 18.4 Å². The van der Waals surface area contributed by atoms with Gasteiger partial charge in [-0.15, -0.1) is 5.10 Å². The lowest BCUT2D eigenvalue weighted by molar-refractivity contribution is -0.386. The second-order valence-corrected chi connectivity index (χ2v) is 5.61. The number of nitrogens with one attached hydrogen (secondary N) is 1. The maximum atomic E-state index is 12.5. The second-order valence-electron chi connectivity index (χ2n) is 5.61. The summed E-state index contributed by atoms with van der Waals surface area (Å²) in [5.74, 6) is -0.514. The van der Waals surface area contributed by atoms with Gasteiger partial charge in [-0.3, -0.25) is 10.1 Å². The van der Waals surface area contributed by atoms with Crippen molar-refractivity contribution in [3.8, 4) is 11.4 Å². The van der Waals surface area contributed by atoms with Crippen LogP contribution in [0.2, 0.25) is 0 Å². The van der Waals surface area contributed by atoms with Crippen LogP contribution in [0.3, 0.4) is 0 Å². The average molecular weight is 375 g/mol. The van der Waals surface area contributed by atoms with Gasteiger partial charge in [0.15, 0.2) is 0 Å². The van der Waals surface area contributed by atoms with E-state index in [-0.39, 0.29) is 6.04 Å². The topological polar surface area (TPSA) is 95.1 Å². The van der Waals surface area contributed by atoms with Crippen LogP contribution in [0, 0.1) is 10.1 Å². The van der Waals surface area contributed by atoms with Crippen molar-refractivity contribution in [2.24, 2.45) is 0 Å². The average Bonchev–Trinajstić information content (AvgIpc) is 3.12. The summed E-state index contributed by atoms with van der Waals surface area (Å²) in [6, 6.07) is 12.7. The molecule has 8 nitrogen and oxygen atoms in total. The third-order valence-corrected chi connectivity index (χ3v) is 3.73. The highest BCUT2D eigenvalue weighted by molar-refractivity contribution is 5.58. The van der Waals surface area contributed by atoms with Crippen LogP contribution in [0.4, 0.5) is 20.2 Å². The maximum Gasteiger partial charge on any atom is 0.387 e. The third kappa shape index (κ3) is 4.35. The van der Waals surface area contributed by atoms with E-state index in [9.17, 15) is 18.9 Å². The number of nitro benzene ring substituents is 1. The summed E-state index contributed by atoms with van der Waals surface area (Å²) < 4.78 is 30.9. The molecule has 0 fully saturated rings. The molecule has 1 atom stereocenters. The van der Waals surface area contributed by atoms with Gasteiger partial charge in [-0.25, -0.2) is 4.68 Å². The Bertz CT molecular complexity index is 933. The minimum absolute atomic E-state index is 0.330. The number of nitrogens with zero attached hydrogens (tertiary/aromatic N) is 4. The van der Waals surface area contributed by atoms with E-state index in [0.29, 0.717) is 11.4 Å². The molecule has 0 bridgehead atoms. The molecule has 1 N–H and O–H groups in total. The first kappa shape index (κ1) is 18.2. The monoisotopic (exact) mass is 375 g/mol. The van der Waals surface area contributed by atoms with Gasteiger partial charge in [-0.05, 0) is 25.1 Å². The molecule has 0 amide bonds. The highest BCUT2D eigenvalue weighted by atomic mass is 19.3. The number of aromatic nitrogens is 3. The van der Waals surface area contributed by atoms with Crippen LogP contribution in [0.15, 0.2) is 54.7 Å². The molecule has 1 aromatic heterocycles. The number of anilines is 1. The molecule has 27 heavy (non-hydrogen) atoms. The lowest BCUT2D eigenvalue weighted by Gasteiger charge is -2.14. The van der Waals surface area contributed by atoms with Crippen molar-refractivity contribution in [2.45, 2.75) is 19.6 Å². The van der Waals surface area contributed by atoms with E-state index in [0.717, 1.165) is 17.8 Å². The fourth-order valence-corrected chi connectivity index (χ4v) is 2.45. The van der Waals surface area contributed by atoms with Gasteiger partial charge in [-0.1, -0.05) is 23.4 Å². The summed E-state index contributed by atoms with van der Waals surface area (Å²) >= 11 is 0. The van der Waals surface area contributed by atoms with Crippen molar-refractivity contribution in [2.75, 3.05) is 5.32 Å². The van der Waals surface area contributed by atoms with Crippen molar-refractivity contribution in [1.82, 2.24) is 15.0 Å². The summed E-state index contributed by atoms with van der Waals surface area (Å²) in [5.41, 5.74) is 1.28. The van der Waals surface area contributed by atoms with Gasteiger partial charge in [0.2, 0.25) is 5.75 Å². The molecule has 1 heterocycles. The SMILES string of the molecule is CC(Nc1ccc([N+](=O)[O-])c(OC(F)F)c1)c1cn(-c2ccccc2)nn1. The molecule has 0 aliphatic heterocycles. The molecule has 0 spiro atoms. The summed E-state index contributed by atoms with van der Waals surface area (Å²) in [6.07, 6.45) is 1.73. The molecular weight excluding hydrogens is 360 g/mol. The first-order valence-electron chi connectivity index (χ1n) is 7.91. The van der Waals surface area contributed by atoms with Gasteiger partial charge >= 0.3 is 12.3 Å². The number of nitro groups is 1. The van der Waals surface area contributed by atoms with Gasteiger partial charge < -0.3 is 10.1 Å². The molecule has 0 radical (unpaired) electrons. The number of hydrogen-bond acceptors (Lipinski definition) is 6. The van der Waals surface area contributed by atoms with Crippen LogP contribution < -0.4 is 10.1 Å². The minimum atomic E-state index is -3.16. The van der Waals surface area contributed by atoms with E-state index >= 15 is 0 Å². The molecule has 1 unspecified atom stereocenters. The Hall–Kier alpha value is -3.56. The zero-order chi connectivity index (χ0) is 19.4. The first-order chi connectivity index (χ1) is 12.9. The standard InChI is InChI=1S/C17H15F2N5O3/c1-11(14-10-23(22-21-14)13-5-3-2-4-6-13)20-12-7-8-15(24(25)26)16(9-12)27-17(18)19/h2-11,17,20H,1H3. The van der Waals surface area contributed by atoms with E-state index in [4.69, 9.17) is 0 Å². The smallest absolute Gasteiger partial charge is 0.387 e. The zero-order valence-corrected chi connectivity index (χ0v) is 14.1. The fourth-order valence-electron chi connectivity index (χ4n) is 2.45. The molecule has 10 heteroatoms. The molecular formula is C17H15F2N5O3. The number of hydrogen-bond donors (Lipinski definition) is 1. The van der Waals surface area contributed by atoms with Crippen LogP contribution in [0.1, 0.15) is 18.7 Å². The van der Waals surface area contributed by atoms with E-state index in [1.54, 1.807) is 17.8 Å². The summed E-state index contributed by atoms with van der Waals surface area (Å²) in [7, 11) is 0. The number of benzene rings is 2. The Morgan fingerprint density at radius 3 is 2.63 bits per heavy atom. The molecule has 2 aromatic carbocycles. The first-order valence-corrected chi connectivity index (χ1v) is 7.91. The van der Waals surface area contributed by atoms with E-state index in [1.165, 1.54) is 6.07 Å². The summed E-state index contributed by atoms with van der Waals surface area (Å²) in [6.45, 7) is -1.36. The van der Waals surface area contributed by atoms with Gasteiger partial charge in [0.25, 0.3) is 0 Å². The molecule has 3 rings (SSSR count). The Labute approximate surface area is 152 Å². The predicted octanol–water partition coefficient (Wildman–Crippen LogP) is 3.95. The number of rotatable bonds is 7. The van der Waals surface area contributed by atoms with Crippen molar-refractivity contribution in [3.05, 3.63) is 70.5 Å². The lowest BCUT2D eigenvalue weighted by Crippen LogP contribution is -2.09. The quantitative estimate of drug-likeness (QED) is 0.496. The van der Waals surface area contributed by atoms with E-state index in [1.807, 2.05) is 30.3 Å². The van der Waals surface area contributed by atoms with E-state index < -0.39 is 23.0 Å². The Morgan fingerprint density at radius 2 is 1.96 bits per heavy atom. The molecule has 140 valence electrons. The van der Waals surface area contributed by atoms with Crippen LogP contribution >= 0.6 is 0 Å². The predicted molar refractivity (Wildman–Crippen MR) is 93.1 cm³/mol. The van der Waals surface area contributed by atoms with Crippen molar-refractivity contribution in [1.29, 1.82) is 0 Å². The summed E-state index contributed by atoms with van der Waals surface area (Å²) in [4.78, 5) is 10.2. The highest BCUT2D eigenvalue weighted by Gasteiger charge is 2.20. The van der Waals surface area contributed by atoms with E-state index in [2.05, 4.69) is 20.4 Å². The zero-order valence-electron chi connectivity index (χ0n) is 14.1. The van der Waals surface area contributed by atoms with Crippen LogP contribution in [0.5, 0.6) is 5.75 Å². The fraction of sp³-hybridized carbons (Fsp3) is 0.176. The Morgan fingerprint density at radius 1 is 1.22 bits per heavy atom. The number of halogens is 2. The van der Waals surface area contributed by atoms with Gasteiger partial charge in [0.1, 0.15) is 5.69 Å². The lowest BCUT2D eigenvalue weighted by atomic mass is 10.2. The van der Waals surface area contributed by atoms with Crippen molar-refractivity contribution in [3.63, 3.8) is 0 Å². The molecule has 3 aromatic rings. The van der Waals surface area contributed by atoms with Crippen LogP contribution in [-0.4, -0.2) is 26.5 Å². The summed E-state index contributed by atoms with van der Waals surface area (Å²) in [5, 5.41) is 22.1. The van der Waals surface area contributed by atoms with Gasteiger partial charge in [-0.2, -0.15) is 8.78 Å².